The van der Waals surface area contributed by atoms with Crippen molar-refractivity contribution in [3.63, 3.8) is 0 Å². The molecule has 0 saturated heterocycles. The summed E-state index contributed by atoms with van der Waals surface area (Å²) in [5.74, 6) is 0.283. The van der Waals surface area contributed by atoms with Gasteiger partial charge in [0.25, 0.3) is 0 Å². The molecule has 0 aliphatic carbocycles. The summed E-state index contributed by atoms with van der Waals surface area (Å²) in [4.78, 5) is 42.7. The fourth-order valence-electron chi connectivity index (χ4n) is 3.37. The molecule has 0 unspecified atom stereocenters. The maximum absolute atomic E-state index is 13.1. The van der Waals surface area contributed by atoms with Crippen LogP contribution >= 0.6 is 0 Å². The third kappa shape index (κ3) is 8.59. The number of methoxy groups -OCH3 is 1. The summed E-state index contributed by atoms with van der Waals surface area (Å²) in [6, 6.07) is 8.75. The Bertz CT molecular complexity index is 1320. The lowest BCUT2D eigenvalue weighted by Crippen LogP contribution is -2.43. The zero-order chi connectivity index (χ0) is 28.8. The number of esters is 1. The van der Waals surface area contributed by atoms with Gasteiger partial charge in [-0.1, -0.05) is 12.1 Å². The van der Waals surface area contributed by atoms with Crippen LogP contribution in [0.15, 0.2) is 42.7 Å². The van der Waals surface area contributed by atoms with Gasteiger partial charge in [0.05, 0.1) is 13.3 Å². The summed E-state index contributed by atoms with van der Waals surface area (Å²) in [5.41, 5.74) is 0.501. The van der Waals surface area contributed by atoms with Crippen LogP contribution in [0.5, 0.6) is 5.75 Å². The standard InChI is InChI=1S/C27H35N5O7/c1-26(2,3)38-24(34)28-12-14-31(25(35)39-27(4,5)6)21-11-13-32-23(30-21)20(16-29-32)18-9-8-10-19(15-18)37-17-22(33)36-7/h8-11,13,15-16H,12,14,17H2,1-7H3,(H,28,34). The number of nitrogens with zero attached hydrogens (tertiary/aromatic N) is 4. The van der Waals surface area contributed by atoms with E-state index in [2.05, 4.69) is 15.2 Å². The fourth-order valence-corrected chi connectivity index (χ4v) is 3.37. The molecule has 0 saturated carbocycles. The number of fused-ring (bicyclic) bond motifs is 1. The average molecular weight is 542 g/mol. The molecule has 2 heterocycles. The van der Waals surface area contributed by atoms with E-state index in [4.69, 9.17) is 19.2 Å². The minimum atomic E-state index is -0.746. The van der Waals surface area contributed by atoms with Gasteiger partial charge >= 0.3 is 18.2 Å². The van der Waals surface area contributed by atoms with Gasteiger partial charge in [0.15, 0.2) is 12.3 Å². The molecule has 2 amide bonds. The van der Waals surface area contributed by atoms with Crippen molar-refractivity contribution in [3.8, 4) is 16.9 Å². The number of ether oxygens (including phenoxy) is 4. The molecule has 2 aromatic heterocycles. The number of benzene rings is 1. The molecule has 12 nitrogen and oxygen atoms in total. The lowest BCUT2D eigenvalue weighted by atomic mass is 10.1. The number of carbonyl (C=O) groups is 3. The number of rotatable bonds is 8. The van der Waals surface area contributed by atoms with Crippen LogP contribution < -0.4 is 15.0 Å². The van der Waals surface area contributed by atoms with Crippen molar-refractivity contribution in [1.82, 2.24) is 19.9 Å². The number of carbonyl (C=O) groups excluding carboxylic acids is 3. The molecule has 0 radical (unpaired) electrons. The molecule has 39 heavy (non-hydrogen) atoms. The molecule has 0 spiro atoms. The van der Waals surface area contributed by atoms with Crippen LogP contribution in [0.2, 0.25) is 0 Å². The Morgan fingerprint density at radius 3 is 2.41 bits per heavy atom. The van der Waals surface area contributed by atoms with Gasteiger partial charge in [0.1, 0.15) is 22.8 Å². The van der Waals surface area contributed by atoms with Crippen molar-refractivity contribution in [2.24, 2.45) is 0 Å². The van der Waals surface area contributed by atoms with Gasteiger partial charge in [-0.2, -0.15) is 5.10 Å². The predicted molar refractivity (Wildman–Crippen MR) is 144 cm³/mol. The van der Waals surface area contributed by atoms with E-state index in [0.717, 1.165) is 5.56 Å². The molecular formula is C27H35N5O7. The second-order valence-corrected chi connectivity index (χ2v) is 10.6. The Balaban J connectivity index is 1.89. The molecule has 3 aromatic rings. The van der Waals surface area contributed by atoms with Crippen molar-refractivity contribution in [2.75, 3.05) is 31.7 Å². The number of anilines is 1. The normalized spacial score (nSPS) is 11.6. The van der Waals surface area contributed by atoms with Crippen LogP contribution in [0, 0.1) is 0 Å². The molecule has 1 N–H and O–H groups in total. The van der Waals surface area contributed by atoms with E-state index in [1.165, 1.54) is 12.0 Å². The highest BCUT2D eigenvalue weighted by Gasteiger charge is 2.25. The quantitative estimate of drug-likeness (QED) is 0.329. The van der Waals surface area contributed by atoms with Gasteiger partial charge in [0, 0.05) is 24.8 Å². The van der Waals surface area contributed by atoms with E-state index in [9.17, 15) is 14.4 Å². The zero-order valence-corrected chi connectivity index (χ0v) is 23.3. The summed E-state index contributed by atoms with van der Waals surface area (Å²) in [6.07, 6.45) is 2.11. The van der Waals surface area contributed by atoms with Gasteiger partial charge < -0.3 is 24.3 Å². The average Bonchev–Trinajstić information content (AvgIpc) is 3.26. The number of hydrogen-bond acceptors (Lipinski definition) is 9. The van der Waals surface area contributed by atoms with Gasteiger partial charge in [0.2, 0.25) is 0 Å². The number of aromatic nitrogens is 3. The zero-order valence-electron chi connectivity index (χ0n) is 23.3. The lowest BCUT2D eigenvalue weighted by Gasteiger charge is -2.27. The first-order chi connectivity index (χ1) is 18.3. The molecule has 0 aliphatic heterocycles. The largest absolute Gasteiger partial charge is 0.482 e. The monoisotopic (exact) mass is 541 g/mol. The number of nitrogens with one attached hydrogen (secondary N) is 1. The van der Waals surface area contributed by atoms with Crippen molar-refractivity contribution in [1.29, 1.82) is 0 Å². The Hall–Kier alpha value is -4.35. The number of alkyl carbamates (subject to hydrolysis) is 1. The molecule has 0 fully saturated rings. The highest BCUT2D eigenvalue weighted by molar-refractivity contribution is 5.88. The molecule has 0 aliphatic rings. The Morgan fingerprint density at radius 1 is 1.03 bits per heavy atom. The van der Waals surface area contributed by atoms with Crippen LogP contribution in [0.1, 0.15) is 41.5 Å². The first kappa shape index (κ1) is 29.2. The summed E-state index contributed by atoms with van der Waals surface area (Å²) in [6.45, 7) is 10.6. The predicted octanol–water partition coefficient (Wildman–Crippen LogP) is 4.21. The highest BCUT2D eigenvalue weighted by Crippen LogP contribution is 2.28. The van der Waals surface area contributed by atoms with Crippen LogP contribution in [-0.4, -0.2) is 70.8 Å². The van der Waals surface area contributed by atoms with E-state index in [-0.39, 0.29) is 19.7 Å². The fraction of sp³-hybridized carbons (Fsp3) is 0.444. The van der Waals surface area contributed by atoms with Crippen LogP contribution in [0.25, 0.3) is 16.8 Å². The van der Waals surface area contributed by atoms with Gasteiger partial charge in [-0.15, -0.1) is 0 Å². The minimum Gasteiger partial charge on any atom is -0.482 e. The third-order valence-electron chi connectivity index (χ3n) is 4.98. The van der Waals surface area contributed by atoms with E-state index in [1.807, 2.05) is 6.07 Å². The minimum absolute atomic E-state index is 0.0810. The Kier molecular flexibility index (Phi) is 9.00. The SMILES string of the molecule is COC(=O)COc1cccc(-c2cnn3ccc(N(CCNC(=O)OC(C)(C)C)C(=O)OC(C)(C)C)nc23)c1. The molecular weight excluding hydrogens is 506 g/mol. The number of hydrogen-bond donors (Lipinski definition) is 1. The summed E-state index contributed by atoms with van der Waals surface area (Å²) >= 11 is 0. The topological polar surface area (TPSA) is 134 Å². The van der Waals surface area contributed by atoms with Crippen LogP contribution in [0.3, 0.4) is 0 Å². The van der Waals surface area contributed by atoms with Crippen molar-refractivity contribution < 1.29 is 33.3 Å². The van der Waals surface area contributed by atoms with Crippen LogP contribution in [-0.2, 0) is 19.0 Å². The van der Waals surface area contributed by atoms with Crippen molar-refractivity contribution in [2.45, 2.75) is 52.7 Å². The third-order valence-corrected chi connectivity index (χ3v) is 4.98. The Labute approximate surface area is 227 Å². The molecule has 0 atom stereocenters. The van der Waals surface area contributed by atoms with E-state index in [1.54, 1.807) is 82.7 Å². The van der Waals surface area contributed by atoms with Crippen molar-refractivity contribution >= 4 is 29.6 Å². The first-order valence-electron chi connectivity index (χ1n) is 12.4. The van der Waals surface area contributed by atoms with Crippen molar-refractivity contribution in [3.05, 3.63) is 42.7 Å². The smallest absolute Gasteiger partial charge is 0.416 e. The first-order valence-corrected chi connectivity index (χ1v) is 12.4. The highest BCUT2D eigenvalue weighted by atomic mass is 16.6. The molecule has 1 aromatic carbocycles. The maximum Gasteiger partial charge on any atom is 0.416 e. The summed E-state index contributed by atoms with van der Waals surface area (Å²) in [5, 5.41) is 7.02. The summed E-state index contributed by atoms with van der Waals surface area (Å²) in [7, 11) is 1.29. The van der Waals surface area contributed by atoms with E-state index in [0.29, 0.717) is 22.8 Å². The second-order valence-electron chi connectivity index (χ2n) is 10.6. The summed E-state index contributed by atoms with van der Waals surface area (Å²) < 4.78 is 22.6. The molecule has 12 heteroatoms. The Morgan fingerprint density at radius 2 is 1.74 bits per heavy atom. The van der Waals surface area contributed by atoms with Gasteiger partial charge in [-0.05, 0) is 65.3 Å². The lowest BCUT2D eigenvalue weighted by molar-refractivity contribution is -0.142. The van der Waals surface area contributed by atoms with Crippen LogP contribution in [0.4, 0.5) is 15.4 Å². The van der Waals surface area contributed by atoms with Gasteiger partial charge in [-0.25, -0.2) is 23.9 Å². The maximum atomic E-state index is 13.1. The van der Waals surface area contributed by atoms with E-state index >= 15 is 0 Å². The molecule has 210 valence electrons. The molecule has 0 bridgehead atoms. The van der Waals surface area contributed by atoms with E-state index < -0.39 is 29.4 Å². The number of amides is 2. The molecule has 3 rings (SSSR count). The van der Waals surface area contributed by atoms with Gasteiger partial charge in [-0.3, -0.25) is 4.90 Å². The second kappa shape index (κ2) is 12.0.